The molecule has 27 heavy (non-hydrogen) atoms. The van der Waals surface area contributed by atoms with Crippen LogP contribution in [-0.4, -0.2) is 29.6 Å². The number of carbonyl (C=O) groups excluding carboxylic acids is 1. The second kappa shape index (κ2) is 8.75. The molecule has 0 radical (unpaired) electrons. The van der Waals surface area contributed by atoms with E-state index in [4.69, 9.17) is 4.74 Å². The first-order valence-electron chi connectivity index (χ1n) is 8.40. The molecule has 138 valence electrons. The van der Waals surface area contributed by atoms with Gasteiger partial charge in [0.25, 0.3) is 0 Å². The van der Waals surface area contributed by atoms with Gasteiger partial charge in [0.1, 0.15) is 23.8 Å². The number of methoxy groups -OCH3 is 1. The van der Waals surface area contributed by atoms with Crippen LogP contribution in [0.15, 0.2) is 60.9 Å². The highest BCUT2D eigenvalue weighted by molar-refractivity contribution is 5.96. The molecule has 3 aromatic rings. The number of nitrogens with one attached hydrogen (secondary N) is 2. The summed E-state index contributed by atoms with van der Waals surface area (Å²) >= 11 is 0. The highest BCUT2D eigenvalue weighted by Gasteiger charge is 2.11. The van der Waals surface area contributed by atoms with Crippen molar-refractivity contribution in [3.63, 3.8) is 0 Å². The number of hydrogen-bond acceptors (Lipinski definition) is 6. The first-order valence-corrected chi connectivity index (χ1v) is 8.40. The SMILES string of the molecule is COC(=O)c1ccccc1Nc1cc(NCCc2ccc(F)cc2)ncn1. The summed E-state index contributed by atoms with van der Waals surface area (Å²) in [5, 5.41) is 6.31. The largest absolute Gasteiger partial charge is 0.465 e. The van der Waals surface area contributed by atoms with E-state index in [-0.39, 0.29) is 5.82 Å². The number of rotatable bonds is 7. The molecule has 0 fully saturated rings. The number of aromatic nitrogens is 2. The van der Waals surface area contributed by atoms with Crippen LogP contribution in [-0.2, 0) is 11.2 Å². The third-order valence-electron chi connectivity index (χ3n) is 3.90. The first kappa shape index (κ1) is 18.3. The van der Waals surface area contributed by atoms with Gasteiger partial charge in [-0.3, -0.25) is 0 Å². The normalized spacial score (nSPS) is 10.3. The molecule has 1 aromatic heterocycles. The van der Waals surface area contributed by atoms with Gasteiger partial charge in [-0.15, -0.1) is 0 Å². The monoisotopic (exact) mass is 366 g/mol. The summed E-state index contributed by atoms with van der Waals surface area (Å²) in [6, 6.07) is 15.2. The molecular formula is C20H19FN4O2. The van der Waals surface area contributed by atoms with Crippen molar-refractivity contribution in [2.24, 2.45) is 0 Å². The summed E-state index contributed by atoms with van der Waals surface area (Å²) in [5.74, 6) is 0.520. The standard InChI is InChI=1S/C20H19FN4O2/c1-27-20(26)16-4-2-3-5-17(16)25-19-12-18(23-13-24-19)22-11-10-14-6-8-15(21)9-7-14/h2-9,12-13H,10-11H2,1H3,(H2,22,23,24,25). The third-order valence-corrected chi connectivity index (χ3v) is 3.90. The van der Waals surface area contributed by atoms with E-state index in [1.807, 2.05) is 6.07 Å². The molecule has 2 aromatic carbocycles. The summed E-state index contributed by atoms with van der Waals surface area (Å²) in [6.07, 6.45) is 2.17. The number of anilines is 3. The lowest BCUT2D eigenvalue weighted by Crippen LogP contribution is -2.08. The fourth-order valence-corrected chi connectivity index (χ4v) is 2.53. The lowest BCUT2D eigenvalue weighted by molar-refractivity contribution is 0.0602. The van der Waals surface area contributed by atoms with Crippen LogP contribution in [0.5, 0.6) is 0 Å². The Hall–Kier alpha value is -3.48. The molecule has 0 aliphatic heterocycles. The average molecular weight is 366 g/mol. The molecule has 0 saturated carbocycles. The zero-order valence-electron chi connectivity index (χ0n) is 14.8. The Labute approximate surface area is 156 Å². The van der Waals surface area contributed by atoms with Crippen molar-refractivity contribution in [1.82, 2.24) is 9.97 Å². The lowest BCUT2D eigenvalue weighted by atomic mass is 10.1. The lowest BCUT2D eigenvalue weighted by Gasteiger charge is -2.11. The fourth-order valence-electron chi connectivity index (χ4n) is 2.53. The maximum Gasteiger partial charge on any atom is 0.339 e. The molecule has 0 aliphatic carbocycles. The molecular weight excluding hydrogens is 347 g/mol. The van der Waals surface area contributed by atoms with E-state index in [0.717, 1.165) is 12.0 Å². The predicted molar refractivity (Wildman–Crippen MR) is 102 cm³/mol. The van der Waals surface area contributed by atoms with E-state index in [9.17, 15) is 9.18 Å². The number of hydrogen-bond donors (Lipinski definition) is 2. The van der Waals surface area contributed by atoms with Crippen molar-refractivity contribution in [3.05, 3.63) is 77.9 Å². The van der Waals surface area contributed by atoms with Crippen molar-refractivity contribution in [1.29, 1.82) is 0 Å². The molecule has 7 heteroatoms. The number of benzene rings is 2. The number of esters is 1. The number of halogens is 1. The van der Waals surface area contributed by atoms with Crippen molar-refractivity contribution in [2.75, 3.05) is 24.3 Å². The van der Waals surface area contributed by atoms with Crippen LogP contribution in [0.1, 0.15) is 15.9 Å². The minimum absolute atomic E-state index is 0.245. The smallest absolute Gasteiger partial charge is 0.339 e. The van der Waals surface area contributed by atoms with E-state index in [1.165, 1.54) is 25.6 Å². The molecule has 0 spiro atoms. The highest BCUT2D eigenvalue weighted by Crippen LogP contribution is 2.21. The van der Waals surface area contributed by atoms with Crippen LogP contribution in [0.25, 0.3) is 0 Å². The van der Waals surface area contributed by atoms with Crippen molar-refractivity contribution in [2.45, 2.75) is 6.42 Å². The van der Waals surface area contributed by atoms with E-state index < -0.39 is 5.97 Å². The van der Waals surface area contributed by atoms with Gasteiger partial charge in [0.05, 0.1) is 18.4 Å². The third kappa shape index (κ3) is 5.01. The van der Waals surface area contributed by atoms with E-state index >= 15 is 0 Å². The molecule has 6 nitrogen and oxygen atoms in total. The minimum atomic E-state index is -0.426. The number of carbonyl (C=O) groups is 1. The summed E-state index contributed by atoms with van der Waals surface area (Å²) in [5.41, 5.74) is 2.05. The zero-order valence-corrected chi connectivity index (χ0v) is 14.8. The van der Waals surface area contributed by atoms with Crippen LogP contribution in [0.3, 0.4) is 0 Å². The van der Waals surface area contributed by atoms with Crippen LogP contribution in [0.4, 0.5) is 21.7 Å². The van der Waals surface area contributed by atoms with E-state index in [0.29, 0.717) is 29.4 Å². The highest BCUT2D eigenvalue weighted by atomic mass is 19.1. The molecule has 0 amide bonds. The summed E-state index contributed by atoms with van der Waals surface area (Å²) < 4.78 is 17.7. The molecule has 2 N–H and O–H groups in total. The number of nitrogens with zero attached hydrogens (tertiary/aromatic N) is 2. The van der Waals surface area contributed by atoms with Gasteiger partial charge in [-0.25, -0.2) is 19.2 Å². The van der Waals surface area contributed by atoms with Gasteiger partial charge in [0.2, 0.25) is 0 Å². The van der Waals surface area contributed by atoms with Crippen molar-refractivity contribution >= 4 is 23.3 Å². The van der Waals surface area contributed by atoms with Crippen LogP contribution in [0, 0.1) is 5.82 Å². The van der Waals surface area contributed by atoms with Crippen LogP contribution >= 0.6 is 0 Å². The molecule has 3 rings (SSSR count). The number of para-hydroxylation sites is 1. The molecule has 0 atom stereocenters. The summed E-state index contributed by atoms with van der Waals surface area (Å²) in [4.78, 5) is 20.2. The van der Waals surface area contributed by atoms with Gasteiger partial charge >= 0.3 is 5.97 Å². The van der Waals surface area contributed by atoms with Gasteiger partial charge in [0.15, 0.2) is 0 Å². The van der Waals surface area contributed by atoms with Gasteiger partial charge in [-0.05, 0) is 36.2 Å². The Morgan fingerprint density at radius 3 is 2.59 bits per heavy atom. The zero-order chi connectivity index (χ0) is 19.1. The van der Waals surface area contributed by atoms with Crippen LogP contribution in [0.2, 0.25) is 0 Å². The Balaban J connectivity index is 1.64. The Kier molecular flexibility index (Phi) is 5.94. The van der Waals surface area contributed by atoms with Gasteiger partial charge < -0.3 is 15.4 Å². The Bertz CT molecular complexity index is 916. The maximum atomic E-state index is 12.9. The first-order chi connectivity index (χ1) is 13.2. The Morgan fingerprint density at radius 2 is 1.81 bits per heavy atom. The molecule has 0 unspecified atom stereocenters. The summed E-state index contributed by atoms with van der Waals surface area (Å²) in [6.45, 7) is 0.640. The Morgan fingerprint density at radius 1 is 1.07 bits per heavy atom. The van der Waals surface area contributed by atoms with E-state index in [1.54, 1.807) is 36.4 Å². The van der Waals surface area contributed by atoms with Crippen molar-refractivity contribution < 1.29 is 13.9 Å². The molecule has 1 heterocycles. The fraction of sp³-hybridized carbons (Fsp3) is 0.150. The average Bonchev–Trinajstić information content (AvgIpc) is 2.70. The number of ether oxygens (including phenoxy) is 1. The summed E-state index contributed by atoms with van der Waals surface area (Å²) in [7, 11) is 1.34. The molecule has 0 aliphatic rings. The van der Waals surface area contributed by atoms with Gasteiger partial charge in [-0.1, -0.05) is 24.3 Å². The second-order valence-corrected chi connectivity index (χ2v) is 5.75. The van der Waals surface area contributed by atoms with Gasteiger partial charge in [0, 0.05) is 12.6 Å². The maximum absolute atomic E-state index is 12.9. The minimum Gasteiger partial charge on any atom is -0.465 e. The predicted octanol–water partition coefficient (Wildman–Crippen LogP) is 3.80. The van der Waals surface area contributed by atoms with E-state index in [2.05, 4.69) is 20.6 Å². The molecule has 0 bridgehead atoms. The molecule has 0 saturated heterocycles. The van der Waals surface area contributed by atoms with Crippen LogP contribution < -0.4 is 10.6 Å². The van der Waals surface area contributed by atoms with Gasteiger partial charge in [-0.2, -0.15) is 0 Å². The topological polar surface area (TPSA) is 76.1 Å². The van der Waals surface area contributed by atoms with Crippen molar-refractivity contribution in [3.8, 4) is 0 Å². The quantitative estimate of drug-likeness (QED) is 0.620. The second-order valence-electron chi connectivity index (χ2n) is 5.75.